The fourth-order valence-electron chi connectivity index (χ4n) is 3.37. The number of halogens is 1. The minimum Gasteiger partial charge on any atom is -0.494 e. The number of hydrogen-bond donors (Lipinski definition) is 2. The Bertz CT molecular complexity index is 837. The van der Waals surface area contributed by atoms with Crippen molar-refractivity contribution in [3.8, 4) is 5.75 Å². The summed E-state index contributed by atoms with van der Waals surface area (Å²) in [5, 5.41) is 15.2. The molecule has 1 aromatic carbocycles. The second-order valence-electron chi connectivity index (χ2n) is 7.52. The van der Waals surface area contributed by atoms with Crippen molar-refractivity contribution in [2.45, 2.75) is 33.4 Å². The lowest BCUT2D eigenvalue weighted by atomic mass is 10.2. The van der Waals surface area contributed by atoms with Gasteiger partial charge in [-0.15, -0.1) is 34.2 Å². The van der Waals surface area contributed by atoms with E-state index in [1.165, 1.54) is 0 Å². The summed E-state index contributed by atoms with van der Waals surface area (Å²) in [6.45, 7) is 11.2. The van der Waals surface area contributed by atoms with Crippen LogP contribution in [0.4, 0.5) is 0 Å². The number of aromatic nitrogens is 3. The maximum atomic E-state index is 5.74. The van der Waals surface area contributed by atoms with Gasteiger partial charge in [0.05, 0.1) is 32.9 Å². The van der Waals surface area contributed by atoms with E-state index in [4.69, 9.17) is 14.5 Å². The highest BCUT2D eigenvalue weighted by molar-refractivity contribution is 14.0. The molecular formula is C22H36IN7O2. The monoisotopic (exact) mass is 557 g/mol. The predicted molar refractivity (Wildman–Crippen MR) is 137 cm³/mol. The van der Waals surface area contributed by atoms with E-state index in [2.05, 4.69) is 31.8 Å². The second kappa shape index (κ2) is 14.3. The van der Waals surface area contributed by atoms with Gasteiger partial charge in [-0.25, -0.2) is 4.99 Å². The Labute approximate surface area is 208 Å². The number of rotatable bonds is 10. The molecule has 0 atom stereocenters. The van der Waals surface area contributed by atoms with E-state index in [0.717, 1.165) is 74.7 Å². The van der Waals surface area contributed by atoms with E-state index >= 15 is 0 Å². The van der Waals surface area contributed by atoms with Gasteiger partial charge in [0.2, 0.25) is 0 Å². The lowest BCUT2D eigenvalue weighted by molar-refractivity contribution is 0.0376. The molecule has 0 amide bonds. The van der Waals surface area contributed by atoms with Crippen LogP contribution in [0, 0.1) is 6.92 Å². The first kappa shape index (κ1) is 26.3. The Hall–Kier alpha value is -1.92. The van der Waals surface area contributed by atoms with E-state index in [-0.39, 0.29) is 24.0 Å². The maximum absolute atomic E-state index is 5.74. The van der Waals surface area contributed by atoms with E-state index in [1.807, 2.05) is 43.7 Å². The van der Waals surface area contributed by atoms with E-state index in [0.29, 0.717) is 19.7 Å². The first-order valence-electron chi connectivity index (χ1n) is 11.0. The van der Waals surface area contributed by atoms with Crippen LogP contribution in [0.3, 0.4) is 0 Å². The molecule has 1 aromatic heterocycles. The third-order valence-electron chi connectivity index (χ3n) is 5.32. The number of para-hydroxylation sites is 1. The number of hydrogen-bond acceptors (Lipinski definition) is 6. The molecule has 178 valence electrons. The van der Waals surface area contributed by atoms with Crippen molar-refractivity contribution in [2.24, 2.45) is 12.0 Å². The number of morpholine rings is 1. The summed E-state index contributed by atoms with van der Waals surface area (Å²) in [5.41, 5.74) is 1.06. The number of nitrogens with zero attached hydrogens (tertiary/aromatic N) is 5. The highest BCUT2D eigenvalue weighted by atomic mass is 127. The van der Waals surface area contributed by atoms with Crippen LogP contribution in [-0.2, 0) is 24.9 Å². The molecule has 0 aliphatic carbocycles. The molecule has 0 spiro atoms. The normalized spacial score (nSPS) is 14.7. The van der Waals surface area contributed by atoms with Crippen molar-refractivity contribution in [3.63, 3.8) is 0 Å². The zero-order valence-corrected chi connectivity index (χ0v) is 21.7. The summed E-state index contributed by atoms with van der Waals surface area (Å²) in [5.74, 6) is 3.40. The number of aliphatic imine (C=N–C) groups is 1. The van der Waals surface area contributed by atoms with Gasteiger partial charge >= 0.3 is 0 Å². The molecule has 0 unspecified atom stereocenters. The average molecular weight is 557 g/mol. The molecule has 32 heavy (non-hydrogen) atoms. The van der Waals surface area contributed by atoms with Crippen LogP contribution in [0.1, 0.15) is 30.6 Å². The number of ether oxygens (including phenoxy) is 2. The molecule has 9 nitrogen and oxygen atoms in total. The largest absolute Gasteiger partial charge is 0.494 e. The highest BCUT2D eigenvalue weighted by Crippen LogP contribution is 2.18. The van der Waals surface area contributed by atoms with Gasteiger partial charge in [-0.3, -0.25) is 4.90 Å². The van der Waals surface area contributed by atoms with Crippen LogP contribution in [-0.4, -0.2) is 71.6 Å². The number of aryl methyl sites for hydroxylation is 1. The molecule has 0 saturated carbocycles. The summed E-state index contributed by atoms with van der Waals surface area (Å²) >= 11 is 0. The molecule has 0 radical (unpaired) electrons. The molecule has 2 heterocycles. The molecule has 10 heteroatoms. The lowest BCUT2D eigenvalue weighted by Crippen LogP contribution is -2.40. The maximum Gasteiger partial charge on any atom is 0.191 e. The van der Waals surface area contributed by atoms with Crippen LogP contribution in [0.2, 0.25) is 0 Å². The van der Waals surface area contributed by atoms with Gasteiger partial charge in [0.15, 0.2) is 11.8 Å². The zero-order chi connectivity index (χ0) is 21.9. The van der Waals surface area contributed by atoms with Gasteiger partial charge in [0, 0.05) is 32.2 Å². The summed E-state index contributed by atoms with van der Waals surface area (Å²) < 4.78 is 13.1. The Balaban J connectivity index is 0.00000363. The molecule has 1 fully saturated rings. The Kier molecular flexibility index (Phi) is 11.7. The molecule has 0 bridgehead atoms. The SMILES string of the molecule is CCOc1ccccc1CN=C(NCCCN1CCOCC1)NCc1nnc(C)n1C.I. The van der Waals surface area contributed by atoms with Gasteiger partial charge in [-0.2, -0.15) is 0 Å². The predicted octanol–water partition coefficient (Wildman–Crippen LogP) is 2.10. The average Bonchev–Trinajstić information content (AvgIpc) is 3.12. The van der Waals surface area contributed by atoms with Crippen molar-refractivity contribution in [1.29, 1.82) is 0 Å². The van der Waals surface area contributed by atoms with Crippen LogP contribution in [0.5, 0.6) is 5.75 Å². The fraction of sp³-hybridized carbons (Fsp3) is 0.591. The third-order valence-corrected chi connectivity index (χ3v) is 5.32. The number of benzene rings is 1. The first-order chi connectivity index (χ1) is 15.2. The summed E-state index contributed by atoms with van der Waals surface area (Å²) in [7, 11) is 1.97. The fourth-order valence-corrected chi connectivity index (χ4v) is 3.37. The van der Waals surface area contributed by atoms with E-state index < -0.39 is 0 Å². The summed E-state index contributed by atoms with van der Waals surface area (Å²) in [6, 6.07) is 8.03. The van der Waals surface area contributed by atoms with Crippen molar-refractivity contribution in [2.75, 3.05) is 46.0 Å². The molecule has 1 aliphatic rings. The minimum atomic E-state index is 0. The van der Waals surface area contributed by atoms with Crippen LogP contribution in [0.25, 0.3) is 0 Å². The van der Waals surface area contributed by atoms with E-state index in [1.54, 1.807) is 0 Å². The van der Waals surface area contributed by atoms with Crippen molar-refractivity contribution in [3.05, 3.63) is 41.5 Å². The first-order valence-corrected chi connectivity index (χ1v) is 11.0. The third kappa shape index (κ3) is 8.21. The molecular weight excluding hydrogens is 521 g/mol. The minimum absolute atomic E-state index is 0. The van der Waals surface area contributed by atoms with Crippen molar-refractivity contribution >= 4 is 29.9 Å². The Morgan fingerprint density at radius 2 is 1.97 bits per heavy atom. The van der Waals surface area contributed by atoms with Crippen molar-refractivity contribution in [1.82, 2.24) is 30.3 Å². The molecule has 1 saturated heterocycles. The van der Waals surface area contributed by atoms with Crippen LogP contribution < -0.4 is 15.4 Å². The second-order valence-corrected chi connectivity index (χ2v) is 7.52. The van der Waals surface area contributed by atoms with Crippen LogP contribution in [0.15, 0.2) is 29.3 Å². The highest BCUT2D eigenvalue weighted by Gasteiger charge is 2.10. The standard InChI is InChI=1S/C22H35N7O2.HI/c1-4-31-20-9-6-5-8-19(20)16-24-22(25-17-21-27-26-18(2)28(21)3)23-10-7-11-29-12-14-30-15-13-29;/h5-6,8-9H,4,7,10-17H2,1-3H3,(H2,23,24,25);1H. The molecule has 3 rings (SSSR count). The quantitative estimate of drug-likeness (QED) is 0.200. The van der Waals surface area contributed by atoms with Crippen LogP contribution >= 0.6 is 24.0 Å². The van der Waals surface area contributed by atoms with E-state index in [9.17, 15) is 0 Å². The summed E-state index contributed by atoms with van der Waals surface area (Å²) in [6.07, 6.45) is 1.04. The number of nitrogens with one attached hydrogen (secondary N) is 2. The van der Waals surface area contributed by atoms with Gasteiger partial charge < -0.3 is 24.7 Å². The summed E-state index contributed by atoms with van der Waals surface area (Å²) in [4.78, 5) is 7.24. The van der Waals surface area contributed by atoms with Gasteiger partial charge in [-0.1, -0.05) is 18.2 Å². The van der Waals surface area contributed by atoms with Crippen molar-refractivity contribution < 1.29 is 9.47 Å². The lowest BCUT2D eigenvalue weighted by Gasteiger charge is -2.26. The molecule has 2 N–H and O–H groups in total. The number of guanidine groups is 1. The molecule has 1 aliphatic heterocycles. The van der Waals surface area contributed by atoms with Gasteiger partial charge in [-0.05, 0) is 32.9 Å². The Morgan fingerprint density at radius 3 is 2.69 bits per heavy atom. The molecule has 2 aromatic rings. The van der Waals surface area contributed by atoms with Gasteiger partial charge in [0.25, 0.3) is 0 Å². The zero-order valence-electron chi connectivity index (χ0n) is 19.3. The Morgan fingerprint density at radius 1 is 1.19 bits per heavy atom. The van der Waals surface area contributed by atoms with Gasteiger partial charge in [0.1, 0.15) is 11.6 Å². The smallest absolute Gasteiger partial charge is 0.191 e. The topological polar surface area (TPSA) is 88.8 Å².